The third-order valence-corrected chi connectivity index (χ3v) is 3.53. The van der Waals surface area contributed by atoms with Gasteiger partial charge in [0, 0.05) is 6.54 Å². The van der Waals surface area contributed by atoms with Crippen LogP contribution in [0.2, 0.25) is 0 Å². The van der Waals surface area contributed by atoms with E-state index in [0.717, 1.165) is 12.8 Å². The van der Waals surface area contributed by atoms with E-state index in [9.17, 15) is 4.79 Å². The standard InChI is InChI=1S/C12H19N3O/c1-2-8-15-10(11(13)14-12(15)16)9-6-4-3-5-7-9/h2,9-10H,1,3-8H2,(H2,13,14,16). The van der Waals surface area contributed by atoms with Crippen molar-refractivity contribution in [2.75, 3.05) is 6.54 Å². The second-order valence-corrected chi connectivity index (χ2v) is 4.60. The van der Waals surface area contributed by atoms with Crippen LogP contribution in [-0.2, 0) is 0 Å². The number of hydrogen-bond donors (Lipinski definition) is 1. The molecule has 0 spiro atoms. The summed E-state index contributed by atoms with van der Waals surface area (Å²) in [7, 11) is 0. The number of nitrogens with zero attached hydrogens (tertiary/aromatic N) is 2. The van der Waals surface area contributed by atoms with E-state index in [1.807, 2.05) is 0 Å². The average molecular weight is 221 g/mol. The Morgan fingerprint density at radius 1 is 1.44 bits per heavy atom. The van der Waals surface area contributed by atoms with E-state index in [-0.39, 0.29) is 12.1 Å². The average Bonchev–Trinajstić information content (AvgIpc) is 2.56. The molecule has 4 heteroatoms. The van der Waals surface area contributed by atoms with Gasteiger partial charge in [0.2, 0.25) is 0 Å². The number of carbonyl (C=O) groups is 1. The molecule has 2 amide bonds. The summed E-state index contributed by atoms with van der Waals surface area (Å²) in [6.07, 6.45) is 7.83. The summed E-state index contributed by atoms with van der Waals surface area (Å²) in [6.45, 7) is 4.22. The third kappa shape index (κ3) is 1.96. The van der Waals surface area contributed by atoms with Crippen LogP contribution >= 0.6 is 0 Å². The zero-order valence-electron chi connectivity index (χ0n) is 9.56. The minimum Gasteiger partial charge on any atom is -0.385 e. The topological polar surface area (TPSA) is 58.7 Å². The van der Waals surface area contributed by atoms with Gasteiger partial charge in [-0.25, -0.2) is 4.79 Å². The van der Waals surface area contributed by atoms with E-state index in [0.29, 0.717) is 18.3 Å². The van der Waals surface area contributed by atoms with Crippen LogP contribution in [0.4, 0.5) is 4.79 Å². The first kappa shape index (κ1) is 11.2. The lowest BCUT2D eigenvalue weighted by Gasteiger charge is -2.32. The summed E-state index contributed by atoms with van der Waals surface area (Å²) in [6, 6.07) is -0.182. The van der Waals surface area contributed by atoms with Crippen LogP contribution in [0.1, 0.15) is 32.1 Å². The van der Waals surface area contributed by atoms with Gasteiger partial charge < -0.3 is 10.6 Å². The Morgan fingerprint density at radius 3 is 2.75 bits per heavy atom. The second-order valence-electron chi connectivity index (χ2n) is 4.60. The molecule has 1 unspecified atom stereocenters. The normalized spacial score (nSPS) is 27.0. The van der Waals surface area contributed by atoms with Gasteiger partial charge in [-0.15, -0.1) is 6.58 Å². The number of nitrogens with two attached hydrogens (primary N) is 1. The molecule has 0 saturated heterocycles. The summed E-state index contributed by atoms with van der Waals surface area (Å²) >= 11 is 0. The molecule has 1 heterocycles. The quantitative estimate of drug-likeness (QED) is 0.740. The van der Waals surface area contributed by atoms with Crippen LogP contribution < -0.4 is 5.73 Å². The number of hydrogen-bond acceptors (Lipinski definition) is 2. The number of rotatable bonds is 3. The van der Waals surface area contributed by atoms with Crippen LogP contribution in [0.5, 0.6) is 0 Å². The van der Waals surface area contributed by atoms with E-state index in [2.05, 4.69) is 11.6 Å². The molecule has 0 radical (unpaired) electrons. The Kier molecular flexibility index (Phi) is 3.27. The largest absolute Gasteiger partial charge is 0.385 e. The number of urea groups is 1. The maximum absolute atomic E-state index is 11.6. The molecule has 2 N–H and O–H groups in total. The van der Waals surface area contributed by atoms with Crippen LogP contribution in [0.15, 0.2) is 17.6 Å². The summed E-state index contributed by atoms with van der Waals surface area (Å²) in [5, 5.41) is 0. The molecule has 0 bridgehead atoms. The fourth-order valence-electron chi connectivity index (χ4n) is 2.80. The molecular weight excluding hydrogens is 202 g/mol. The Balaban J connectivity index is 2.12. The molecule has 4 nitrogen and oxygen atoms in total. The van der Waals surface area contributed by atoms with Gasteiger partial charge >= 0.3 is 6.03 Å². The molecule has 1 fully saturated rings. The fraction of sp³-hybridized carbons (Fsp3) is 0.667. The molecular formula is C12H19N3O. The molecule has 2 aliphatic rings. The molecule has 1 atom stereocenters. The molecule has 0 aromatic rings. The van der Waals surface area contributed by atoms with Crippen molar-refractivity contribution in [1.82, 2.24) is 4.90 Å². The molecule has 0 aromatic carbocycles. The van der Waals surface area contributed by atoms with Crippen molar-refractivity contribution in [3.63, 3.8) is 0 Å². The minimum atomic E-state index is -0.201. The van der Waals surface area contributed by atoms with Crippen LogP contribution in [0, 0.1) is 5.92 Å². The van der Waals surface area contributed by atoms with Crippen molar-refractivity contribution in [3.8, 4) is 0 Å². The van der Waals surface area contributed by atoms with Gasteiger partial charge in [0.25, 0.3) is 0 Å². The van der Waals surface area contributed by atoms with Gasteiger partial charge in [-0.1, -0.05) is 25.3 Å². The fourth-order valence-corrected chi connectivity index (χ4v) is 2.80. The first-order chi connectivity index (χ1) is 7.74. The van der Waals surface area contributed by atoms with E-state index >= 15 is 0 Å². The predicted molar refractivity (Wildman–Crippen MR) is 64.3 cm³/mol. The molecule has 16 heavy (non-hydrogen) atoms. The van der Waals surface area contributed by atoms with E-state index in [1.165, 1.54) is 19.3 Å². The second kappa shape index (κ2) is 4.68. The lowest BCUT2D eigenvalue weighted by atomic mass is 9.83. The maximum atomic E-state index is 11.6. The summed E-state index contributed by atoms with van der Waals surface area (Å²) in [5.74, 6) is 0.989. The van der Waals surface area contributed by atoms with Crippen LogP contribution in [0.3, 0.4) is 0 Å². The Bertz CT molecular complexity index is 318. The van der Waals surface area contributed by atoms with Gasteiger partial charge in [0.15, 0.2) is 0 Å². The monoisotopic (exact) mass is 221 g/mol. The third-order valence-electron chi connectivity index (χ3n) is 3.53. The summed E-state index contributed by atoms with van der Waals surface area (Å²) < 4.78 is 0. The summed E-state index contributed by atoms with van der Waals surface area (Å²) in [5.41, 5.74) is 5.87. The smallest absolute Gasteiger partial charge is 0.346 e. The highest BCUT2D eigenvalue weighted by molar-refractivity contribution is 6.03. The summed E-state index contributed by atoms with van der Waals surface area (Å²) in [4.78, 5) is 17.3. The van der Waals surface area contributed by atoms with Crippen LogP contribution in [0.25, 0.3) is 0 Å². The Morgan fingerprint density at radius 2 is 2.12 bits per heavy atom. The van der Waals surface area contributed by atoms with Crippen LogP contribution in [-0.4, -0.2) is 29.4 Å². The molecule has 1 aliphatic carbocycles. The van der Waals surface area contributed by atoms with Crippen molar-refractivity contribution >= 4 is 11.9 Å². The molecule has 0 aromatic heterocycles. The highest BCUT2D eigenvalue weighted by atomic mass is 16.2. The predicted octanol–water partition coefficient (Wildman–Crippen LogP) is 1.91. The lowest BCUT2D eigenvalue weighted by molar-refractivity contribution is 0.184. The maximum Gasteiger partial charge on any atom is 0.346 e. The van der Waals surface area contributed by atoms with Gasteiger partial charge in [0.1, 0.15) is 5.84 Å². The number of amides is 2. The molecule has 1 aliphatic heterocycles. The van der Waals surface area contributed by atoms with Crippen molar-refractivity contribution in [1.29, 1.82) is 0 Å². The Labute approximate surface area is 96.2 Å². The molecule has 2 rings (SSSR count). The van der Waals surface area contributed by atoms with Crippen molar-refractivity contribution in [2.45, 2.75) is 38.1 Å². The van der Waals surface area contributed by atoms with Crippen molar-refractivity contribution < 1.29 is 4.79 Å². The van der Waals surface area contributed by atoms with Gasteiger partial charge in [-0.2, -0.15) is 4.99 Å². The van der Waals surface area contributed by atoms with Gasteiger partial charge in [0.05, 0.1) is 6.04 Å². The number of amidine groups is 1. The van der Waals surface area contributed by atoms with Crippen molar-refractivity contribution in [3.05, 3.63) is 12.7 Å². The number of carbonyl (C=O) groups excluding carboxylic acids is 1. The first-order valence-electron chi connectivity index (χ1n) is 5.99. The highest BCUT2D eigenvalue weighted by Gasteiger charge is 2.38. The van der Waals surface area contributed by atoms with E-state index in [1.54, 1.807) is 11.0 Å². The molecule has 1 saturated carbocycles. The zero-order valence-corrected chi connectivity index (χ0v) is 9.56. The van der Waals surface area contributed by atoms with E-state index in [4.69, 9.17) is 5.73 Å². The first-order valence-corrected chi connectivity index (χ1v) is 5.99. The Hall–Kier alpha value is -1.32. The number of aliphatic imine (C=N–C) groups is 1. The van der Waals surface area contributed by atoms with Crippen molar-refractivity contribution in [2.24, 2.45) is 16.6 Å². The minimum absolute atomic E-state index is 0.0193. The van der Waals surface area contributed by atoms with Gasteiger partial charge in [-0.05, 0) is 18.8 Å². The SMILES string of the molecule is C=CCN1C(=O)N=C(N)C1C1CCCCC1. The highest BCUT2D eigenvalue weighted by Crippen LogP contribution is 2.31. The lowest BCUT2D eigenvalue weighted by Crippen LogP contribution is -2.46. The molecule has 88 valence electrons. The zero-order chi connectivity index (χ0) is 11.5. The van der Waals surface area contributed by atoms with Gasteiger partial charge in [-0.3, -0.25) is 0 Å². The van der Waals surface area contributed by atoms with E-state index < -0.39 is 0 Å².